The minimum atomic E-state index is 0.713. The molecule has 0 aliphatic heterocycles. The van der Waals surface area contributed by atoms with E-state index in [9.17, 15) is 0 Å². The fourth-order valence-electron chi connectivity index (χ4n) is 0.346. The smallest absolute Gasteiger partial charge is 0.0287 e. The van der Waals surface area contributed by atoms with Gasteiger partial charge in [0.2, 0.25) is 0 Å². The molecule has 0 bridgehead atoms. The molecule has 2 nitrogen and oxygen atoms in total. The first-order chi connectivity index (χ1) is 5.66. The number of hydrogen-bond donors (Lipinski definition) is 2. The van der Waals surface area contributed by atoms with Crippen molar-refractivity contribution in [1.82, 2.24) is 0 Å². The third-order valence-electron chi connectivity index (χ3n) is 0.728. The summed E-state index contributed by atoms with van der Waals surface area (Å²) in [6, 6.07) is 0. The Hall–Kier alpha value is -0.920. The molecule has 0 aromatic carbocycles. The highest BCUT2D eigenvalue weighted by Gasteiger charge is 1.77. The Labute approximate surface area is 77.3 Å². The predicted octanol–water partition coefficient (Wildman–Crippen LogP) is 2.76. The first-order valence-corrected chi connectivity index (χ1v) is 4.52. The second-order valence-electron chi connectivity index (χ2n) is 1.68. The van der Waals surface area contributed by atoms with Crippen molar-refractivity contribution in [3.63, 3.8) is 0 Å². The highest BCUT2D eigenvalue weighted by molar-refractivity contribution is 5.16. The summed E-state index contributed by atoms with van der Waals surface area (Å²) in [5.41, 5.74) is 12.1. The second kappa shape index (κ2) is 16.6. The van der Waals surface area contributed by atoms with E-state index in [1.165, 1.54) is 0 Å². The second-order valence-corrected chi connectivity index (χ2v) is 1.68. The minimum Gasteiger partial charge on any atom is -0.402 e. The van der Waals surface area contributed by atoms with E-state index in [1.807, 2.05) is 34.6 Å². The maximum Gasteiger partial charge on any atom is 0.0287 e. The van der Waals surface area contributed by atoms with Gasteiger partial charge >= 0.3 is 0 Å². The monoisotopic (exact) mass is 172 g/mol. The average Bonchev–Trinajstić information content (AvgIpc) is 2.10. The standard InChI is InChI=1S/C6H12N2.2C2H6/c1-3-6(8)4-5(2)7;2*1-2/h3-4H,7-8H2,1-2H3;2*1-2H3/b5-4+,6-3+;;. The van der Waals surface area contributed by atoms with Gasteiger partial charge in [-0.05, 0) is 19.9 Å². The SMILES string of the molecule is C/C=C(N)\C=C(/C)N.CC.CC. The number of rotatable bonds is 1. The van der Waals surface area contributed by atoms with E-state index in [0.29, 0.717) is 5.70 Å². The van der Waals surface area contributed by atoms with Gasteiger partial charge in [0.15, 0.2) is 0 Å². The molecule has 0 spiro atoms. The first kappa shape index (κ1) is 17.2. The molecule has 0 aliphatic rings. The maximum absolute atomic E-state index is 5.38. The van der Waals surface area contributed by atoms with Crippen molar-refractivity contribution in [3.05, 3.63) is 23.5 Å². The predicted molar refractivity (Wildman–Crippen MR) is 58.6 cm³/mol. The number of hydrogen-bond acceptors (Lipinski definition) is 2. The Morgan fingerprint density at radius 3 is 1.42 bits per heavy atom. The lowest BCUT2D eigenvalue weighted by molar-refractivity contribution is 1.27. The molecule has 4 N–H and O–H groups in total. The molecule has 0 saturated carbocycles. The van der Waals surface area contributed by atoms with Crippen LogP contribution in [0.5, 0.6) is 0 Å². The molecule has 0 amide bonds. The van der Waals surface area contributed by atoms with Crippen LogP contribution >= 0.6 is 0 Å². The third-order valence-corrected chi connectivity index (χ3v) is 0.728. The molecule has 0 radical (unpaired) electrons. The van der Waals surface area contributed by atoms with E-state index in [-0.39, 0.29) is 0 Å². The summed E-state index contributed by atoms with van der Waals surface area (Å²) in [7, 11) is 0. The summed E-state index contributed by atoms with van der Waals surface area (Å²) in [6.45, 7) is 11.7. The molecule has 0 aliphatic carbocycles. The van der Waals surface area contributed by atoms with Crippen molar-refractivity contribution in [2.45, 2.75) is 41.5 Å². The summed E-state index contributed by atoms with van der Waals surface area (Å²) in [4.78, 5) is 0. The lowest BCUT2D eigenvalue weighted by Gasteiger charge is -1.89. The van der Waals surface area contributed by atoms with Crippen LogP contribution in [-0.2, 0) is 0 Å². The molecular formula is C10H24N2. The van der Waals surface area contributed by atoms with E-state index in [0.717, 1.165) is 5.70 Å². The first-order valence-electron chi connectivity index (χ1n) is 4.52. The lowest BCUT2D eigenvalue weighted by Crippen LogP contribution is -1.97. The van der Waals surface area contributed by atoms with Crippen molar-refractivity contribution in [2.75, 3.05) is 0 Å². The van der Waals surface area contributed by atoms with Gasteiger partial charge in [-0.3, -0.25) is 0 Å². The molecule has 12 heavy (non-hydrogen) atoms. The fourth-order valence-corrected chi connectivity index (χ4v) is 0.346. The largest absolute Gasteiger partial charge is 0.402 e. The van der Waals surface area contributed by atoms with Crippen LogP contribution in [0.15, 0.2) is 23.5 Å². The van der Waals surface area contributed by atoms with E-state index in [4.69, 9.17) is 11.5 Å². The van der Waals surface area contributed by atoms with Gasteiger partial charge in [0.25, 0.3) is 0 Å². The van der Waals surface area contributed by atoms with Gasteiger partial charge in [0.1, 0.15) is 0 Å². The molecule has 74 valence electrons. The Bertz CT molecular complexity index is 120. The molecule has 0 atom stereocenters. The van der Waals surface area contributed by atoms with Crippen LogP contribution in [0, 0.1) is 0 Å². The molecular weight excluding hydrogens is 148 g/mol. The van der Waals surface area contributed by atoms with Gasteiger partial charge in [-0.1, -0.05) is 33.8 Å². The normalized spacial score (nSPS) is 10.5. The summed E-state index contributed by atoms with van der Waals surface area (Å²) in [5, 5.41) is 0. The Morgan fingerprint density at radius 2 is 1.33 bits per heavy atom. The van der Waals surface area contributed by atoms with Crippen LogP contribution in [0.3, 0.4) is 0 Å². The van der Waals surface area contributed by atoms with Crippen LogP contribution in [0.1, 0.15) is 41.5 Å². The van der Waals surface area contributed by atoms with E-state index in [2.05, 4.69) is 0 Å². The third kappa shape index (κ3) is 23.0. The molecule has 2 heteroatoms. The maximum atomic E-state index is 5.38. The average molecular weight is 172 g/mol. The zero-order chi connectivity index (χ0) is 10.6. The molecule has 0 rings (SSSR count). The van der Waals surface area contributed by atoms with Crippen LogP contribution < -0.4 is 11.5 Å². The molecule has 0 aromatic rings. The van der Waals surface area contributed by atoms with E-state index >= 15 is 0 Å². The Kier molecular flexibility index (Phi) is 23.8. The zero-order valence-electron chi connectivity index (χ0n) is 9.31. The zero-order valence-corrected chi connectivity index (χ0v) is 9.31. The molecule has 0 aromatic heterocycles. The molecule has 0 unspecified atom stereocenters. The van der Waals surface area contributed by atoms with Crippen molar-refractivity contribution < 1.29 is 0 Å². The highest BCUT2D eigenvalue weighted by Crippen LogP contribution is 1.87. The molecule has 0 fully saturated rings. The fraction of sp³-hybridized carbons (Fsp3) is 0.600. The van der Waals surface area contributed by atoms with Crippen molar-refractivity contribution in [2.24, 2.45) is 11.5 Å². The van der Waals surface area contributed by atoms with E-state index in [1.54, 1.807) is 19.1 Å². The van der Waals surface area contributed by atoms with Gasteiger partial charge in [-0.2, -0.15) is 0 Å². The van der Waals surface area contributed by atoms with Crippen LogP contribution in [0.2, 0.25) is 0 Å². The summed E-state index contributed by atoms with van der Waals surface area (Å²) < 4.78 is 0. The van der Waals surface area contributed by atoms with Gasteiger partial charge in [-0.25, -0.2) is 0 Å². The van der Waals surface area contributed by atoms with Gasteiger partial charge in [0.05, 0.1) is 0 Å². The Morgan fingerprint density at radius 1 is 1.00 bits per heavy atom. The van der Waals surface area contributed by atoms with Gasteiger partial charge in [0, 0.05) is 11.4 Å². The topological polar surface area (TPSA) is 52.0 Å². The minimum absolute atomic E-state index is 0.713. The van der Waals surface area contributed by atoms with Crippen molar-refractivity contribution >= 4 is 0 Å². The van der Waals surface area contributed by atoms with Gasteiger partial charge in [-0.15, -0.1) is 0 Å². The lowest BCUT2D eigenvalue weighted by atomic mass is 10.3. The number of nitrogens with two attached hydrogens (primary N) is 2. The van der Waals surface area contributed by atoms with Gasteiger partial charge < -0.3 is 11.5 Å². The summed E-state index contributed by atoms with van der Waals surface area (Å²) in [5.74, 6) is 0. The summed E-state index contributed by atoms with van der Waals surface area (Å²) >= 11 is 0. The number of allylic oxidation sites excluding steroid dienone is 3. The van der Waals surface area contributed by atoms with Crippen LogP contribution in [-0.4, -0.2) is 0 Å². The summed E-state index contributed by atoms with van der Waals surface area (Å²) in [6.07, 6.45) is 3.52. The Balaban J connectivity index is -0.000000175. The van der Waals surface area contributed by atoms with Crippen molar-refractivity contribution in [1.29, 1.82) is 0 Å². The van der Waals surface area contributed by atoms with Crippen LogP contribution in [0.4, 0.5) is 0 Å². The molecule has 0 saturated heterocycles. The highest BCUT2D eigenvalue weighted by atomic mass is 14.6. The van der Waals surface area contributed by atoms with E-state index < -0.39 is 0 Å². The van der Waals surface area contributed by atoms with Crippen LogP contribution in [0.25, 0.3) is 0 Å². The quantitative estimate of drug-likeness (QED) is 0.597. The van der Waals surface area contributed by atoms with Crippen molar-refractivity contribution in [3.8, 4) is 0 Å². The molecule has 0 heterocycles.